The van der Waals surface area contributed by atoms with Crippen molar-refractivity contribution in [3.8, 4) is 11.5 Å². The first-order chi connectivity index (χ1) is 19.5. The molecule has 202 valence electrons. The number of ether oxygens (including phenoxy) is 2. The van der Waals surface area contributed by atoms with Crippen LogP contribution >= 0.6 is 0 Å². The van der Waals surface area contributed by atoms with Crippen molar-refractivity contribution in [2.24, 2.45) is 5.92 Å². The molecule has 4 aromatic rings. The minimum Gasteiger partial charge on any atom is -0.456 e. The van der Waals surface area contributed by atoms with Gasteiger partial charge in [-0.05, 0) is 73.7 Å². The van der Waals surface area contributed by atoms with Gasteiger partial charge in [0, 0.05) is 59.5 Å². The van der Waals surface area contributed by atoms with E-state index in [1.165, 1.54) is 11.3 Å². The zero-order valence-electron chi connectivity index (χ0n) is 23.3. The highest BCUT2D eigenvalue weighted by molar-refractivity contribution is 5.97. The Morgan fingerprint density at radius 1 is 0.900 bits per heavy atom. The second-order valence-electron chi connectivity index (χ2n) is 11.4. The zero-order valence-corrected chi connectivity index (χ0v) is 23.3. The average molecular weight is 531 g/mol. The Hall–Kier alpha value is -4.25. The highest BCUT2D eigenvalue weighted by Gasteiger charge is 2.53. The normalized spacial score (nSPS) is 18.2. The number of carbonyl (C=O) groups is 1. The second kappa shape index (κ2) is 9.44. The van der Waals surface area contributed by atoms with Crippen molar-refractivity contribution in [3.05, 3.63) is 113 Å². The highest BCUT2D eigenvalue weighted by atomic mass is 16.6. The highest BCUT2D eigenvalue weighted by Crippen LogP contribution is 2.57. The molecule has 0 radical (unpaired) electrons. The summed E-state index contributed by atoms with van der Waals surface area (Å²) in [6, 6.07) is 29.0. The lowest BCUT2D eigenvalue weighted by Crippen LogP contribution is -2.33. The van der Waals surface area contributed by atoms with Crippen molar-refractivity contribution in [2.45, 2.75) is 39.2 Å². The van der Waals surface area contributed by atoms with Crippen LogP contribution in [0, 0.1) is 5.92 Å². The number of nitrogens with zero attached hydrogens (tertiary/aromatic N) is 2. The third-order valence-electron chi connectivity index (χ3n) is 8.60. The number of benzene rings is 4. The van der Waals surface area contributed by atoms with Gasteiger partial charge in [-0.25, -0.2) is 4.79 Å². The molecule has 3 aliphatic heterocycles. The van der Waals surface area contributed by atoms with Crippen LogP contribution in [-0.2, 0) is 16.8 Å². The fourth-order valence-electron chi connectivity index (χ4n) is 6.50. The van der Waals surface area contributed by atoms with E-state index in [4.69, 9.17) is 9.47 Å². The summed E-state index contributed by atoms with van der Waals surface area (Å²) in [5, 5.41) is 0. The Labute approximate surface area is 236 Å². The third-order valence-corrected chi connectivity index (χ3v) is 8.60. The molecule has 3 heterocycles. The maximum atomic E-state index is 13.4. The zero-order chi connectivity index (χ0) is 27.4. The third kappa shape index (κ3) is 3.71. The molecular weight excluding hydrogens is 496 g/mol. The number of hydrogen-bond donors (Lipinski definition) is 0. The summed E-state index contributed by atoms with van der Waals surface area (Å²) < 4.78 is 13.1. The van der Waals surface area contributed by atoms with Crippen LogP contribution in [0.5, 0.6) is 11.5 Å². The van der Waals surface area contributed by atoms with E-state index in [1.54, 1.807) is 0 Å². The van der Waals surface area contributed by atoms with Gasteiger partial charge in [0.2, 0.25) is 0 Å². The average Bonchev–Trinajstić information content (AvgIpc) is 3.53. The lowest BCUT2D eigenvalue weighted by atomic mass is 9.77. The smallest absolute Gasteiger partial charge is 0.340 e. The molecule has 1 atom stereocenters. The van der Waals surface area contributed by atoms with E-state index in [-0.39, 0.29) is 5.97 Å². The van der Waals surface area contributed by atoms with Gasteiger partial charge in [-0.15, -0.1) is 0 Å². The van der Waals surface area contributed by atoms with Crippen LogP contribution in [0.2, 0.25) is 0 Å². The fraction of sp³-hybridized carbons (Fsp3) is 0.286. The van der Waals surface area contributed by atoms with Gasteiger partial charge < -0.3 is 19.3 Å². The summed E-state index contributed by atoms with van der Waals surface area (Å²) in [4.78, 5) is 18.1. The van der Waals surface area contributed by atoms with Gasteiger partial charge >= 0.3 is 5.97 Å². The van der Waals surface area contributed by atoms with E-state index in [2.05, 4.69) is 85.2 Å². The number of anilines is 3. The molecule has 0 saturated carbocycles. The molecule has 1 unspecified atom stereocenters. The monoisotopic (exact) mass is 530 g/mol. The summed E-state index contributed by atoms with van der Waals surface area (Å²) in [7, 11) is 0. The standard InChI is InChI=1S/C35H34N2O3/c1-4-36(19-17-23(2)3)25-13-15-29-33(22-25)39-32-16-14-26(37-20-18-24-9-5-8-12-31(24)37)21-30(32)35(29)28-11-7-6-10-27(28)34(38)40-35/h5-16,21-23H,4,17-20H2,1-3H3. The Balaban J connectivity index is 1.39. The Kier molecular flexibility index (Phi) is 5.85. The molecule has 0 saturated heterocycles. The van der Waals surface area contributed by atoms with Crippen LogP contribution in [0.15, 0.2) is 84.9 Å². The molecule has 0 aliphatic carbocycles. The molecule has 0 fully saturated rings. The van der Waals surface area contributed by atoms with Gasteiger partial charge in [0.1, 0.15) is 11.5 Å². The molecule has 4 aromatic carbocycles. The molecule has 7 rings (SSSR count). The van der Waals surface area contributed by atoms with Crippen LogP contribution in [0.3, 0.4) is 0 Å². The van der Waals surface area contributed by atoms with Crippen molar-refractivity contribution in [1.29, 1.82) is 0 Å². The SMILES string of the molecule is CCN(CCC(C)C)c1ccc2c(c1)Oc1ccc(N3CCc4ccccc43)cc1C21OC(=O)c2ccccc21. The van der Waals surface area contributed by atoms with E-state index in [9.17, 15) is 4.79 Å². The van der Waals surface area contributed by atoms with Gasteiger partial charge in [0.05, 0.1) is 5.56 Å². The van der Waals surface area contributed by atoms with Crippen molar-refractivity contribution >= 4 is 23.0 Å². The van der Waals surface area contributed by atoms with Crippen LogP contribution in [0.25, 0.3) is 0 Å². The minimum absolute atomic E-state index is 0.303. The molecule has 40 heavy (non-hydrogen) atoms. The topological polar surface area (TPSA) is 42.0 Å². The number of fused-ring (bicyclic) bond motifs is 7. The molecule has 3 aliphatic rings. The first-order valence-corrected chi connectivity index (χ1v) is 14.4. The predicted molar refractivity (Wildman–Crippen MR) is 159 cm³/mol. The summed E-state index contributed by atoms with van der Waals surface area (Å²) in [5.41, 5.74) is 6.88. The summed E-state index contributed by atoms with van der Waals surface area (Å²) >= 11 is 0. The quantitative estimate of drug-likeness (QED) is 0.238. The molecule has 0 aromatic heterocycles. The van der Waals surface area contributed by atoms with Crippen molar-refractivity contribution in [1.82, 2.24) is 0 Å². The molecular formula is C35H34N2O3. The van der Waals surface area contributed by atoms with Gasteiger partial charge in [0.25, 0.3) is 0 Å². The summed E-state index contributed by atoms with van der Waals surface area (Å²) in [6.45, 7) is 9.49. The van der Waals surface area contributed by atoms with E-state index in [0.717, 1.165) is 72.0 Å². The molecule has 0 bridgehead atoms. The summed E-state index contributed by atoms with van der Waals surface area (Å²) in [6.07, 6.45) is 2.12. The Morgan fingerprint density at radius 2 is 1.73 bits per heavy atom. The van der Waals surface area contributed by atoms with Crippen molar-refractivity contribution < 1.29 is 14.3 Å². The molecule has 5 heteroatoms. The van der Waals surface area contributed by atoms with Crippen molar-refractivity contribution in [3.63, 3.8) is 0 Å². The first kappa shape index (κ1) is 24.8. The second-order valence-corrected chi connectivity index (χ2v) is 11.4. The van der Waals surface area contributed by atoms with Crippen molar-refractivity contribution in [2.75, 3.05) is 29.4 Å². The van der Waals surface area contributed by atoms with Crippen LogP contribution in [0.4, 0.5) is 17.1 Å². The maximum Gasteiger partial charge on any atom is 0.340 e. The number of hydrogen-bond acceptors (Lipinski definition) is 5. The number of para-hydroxylation sites is 1. The Bertz CT molecular complexity index is 1630. The molecule has 1 spiro atoms. The van der Waals surface area contributed by atoms with E-state index in [1.807, 2.05) is 30.3 Å². The fourth-order valence-corrected chi connectivity index (χ4v) is 6.50. The molecule has 5 nitrogen and oxygen atoms in total. The van der Waals surface area contributed by atoms with Crippen LogP contribution in [0.1, 0.15) is 59.8 Å². The Morgan fingerprint density at radius 3 is 2.58 bits per heavy atom. The van der Waals surface area contributed by atoms with E-state index >= 15 is 0 Å². The van der Waals surface area contributed by atoms with Gasteiger partial charge in [-0.1, -0.05) is 50.2 Å². The van der Waals surface area contributed by atoms with Crippen LogP contribution in [-0.4, -0.2) is 25.6 Å². The van der Waals surface area contributed by atoms with Crippen LogP contribution < -0.4 is 14.5 Å². The number of esters is 1. The summed E-state index contributed by atoms with van der Waals surface area (Å²) in [5.74, 6) is 1.78. The maximum absolute atomic E-state index is 13.4. The van der Waals surface area contributed by atoms with E-state index < -0.39 is 5.60 Å². The minimum atomic E-state index is -1.07. The molecule has 0 N–H and O–H groups in total. The number of rotatable bonds is 6. The van der Waals surface area contributed by atoms with Gasteiger partial charge in [-0.2, -0.15) is 0 Å². The first-order valence-electron chi connectivity index (χ1n) is 14.4. The van der Waals surface area contributed by atoms with E-state index in [0.29, 0.717) is 11.5 Å². The predicted octanol–water partition coefficient (Wildman–Crippen LogP) is 7.82. The van der Waals surface area contributed by atoms with Gasteiger partial charge in [-0.3, -0.25) is 0 Å². The lowest BCUT2D eigenvalue weighted by molar-refractivity contribution is 0.0224. The van der Waals surface area contributed by atoms with Gasteiger partial charge in [0.15, 0.2) is 5.60 Å². The lowest BCUT2D eigenvalue weighted by Gasteiger charge is -2.38. The molecule has 0 amide bonds. The number of carbonyl (C=O) groups excluding carboxylic acids is 1. The largest absolute Gasteiger partial charge is 0.456 e.